The van der Waals surface area contributed by atoms with Crippen LogP contribution in [0.2, 0.25) is 0 Å². The fourth-order valence-electron chi connectivity index (χ4n) is 7.15. The van der Waals surface area contributed by atoms with Crippen molar-refractivity contribution in [3.05, 3.63) is 252 Å². The second-order valence-electron chi connectivity index (χ2n) is 14.6. The van der Waals surface area contributed by atoms with Crippen molar-refractivity contribution in [3.63, 3.8) is 0 Å². The molecule has 2 N–H and O–H groups in total. The van der Waals surface area contributed by atoms with Crippen molar-refractivity contribution in [2.24, 2.45) is 5.73 Å². The third kappa shape index (κ3) is 16.9. The Morgan fingerprint density at radius 1 is 0.683 bits per heavy atom. The molecule has 5 aromatic carbocycles. The number of rotatable bonds is 9. The van der Waals surface area contributed by atoms with Gasteiger partial charge in [0.05, 0.1) is 0 Å². The van der Waals surface area contributed by atoms with Gasteiger partial charge in [-0.3, -0.25) is 0 Å². The molecule has 6 rings (SSSR count). The van der Waals surface area contributed by atoms with Gasteiger partial charge in [0.15, 0.2) is 0 Å². The van der Waals surface area contributed by atoms with Gasteiger partial charge in [-0.2, -0.15) is 0 Å². The number of hydrogen-bond donors (Lipinski definition) is 1. The third-order valence-electron chi connectivity index (χ3n) is 10.4. The van der Waals surface area contributed by atoms with Gasteiger partial charge in [0.25, 0.3) is 0 Å². The minimum atomic E-state index is -0.349. The average Bonchev–Trinajstić information content (AvgIpc) is 3.36. The maximum absolute atomic E-state index is 6.74. The van der Waals surface area contributed by atoms with E-state index in [1.807, 2.05) is 54.5 Å². The summed E-state index contributed by atoms with van der Waals surface area (Å²) in [7, 11) is 3.14. The van der Waals surface area contributed by atoms with Crippen molar-refractivity contribution in [1.82, 2.24) is 0 Å². The minimum Gasteiger partial charge on any atom is -0.324 e. The van der Waals surface area contributed by atoms with Gasteiger partial charge >= 0.3 is 0 Å². The first-order valence-corrected chi connectivity index (χ1v) is 23.6. The zero-order chi connectivity index (χ0) is 46.5. The van der Waals surface area contributed by atoms with Gasteiger partial charge < -0.3 is 5.73 Å². The van der Waals surface area contributed by atoms with Crippen LogP contribution in [0.3, 0.4) is 0 Å². The molecule has 0 saturated heterocycles. The highest BCUT2D eigenvalue weighted by Crippen LogP contribution is 2.39. The molecule has 0 fully saturated rings. The van der Waals surface area contributed by atoms with Gasteiger partial charge in [0.2, 0.25) is 0 Å². The standard InChI is InChI=1S/C41H44NP.C14H14.3C2H6/c1-5-7-26-38(6-2)41(43)28-15-14-21-34(33-19-10-8-11-20-33)24-17-25-36(29-37(30-41)32(4)42)40-31(3)18-16-27-39(40)35-22-12-9-13-23-35;1-12(13-8-4-2-5-9-13)14-10-6-3-7-11-14;3*1-2/h5-14,16-27,29-30,32H,2,15,28,42-43H2,1,3-4H3;2-12H,1H3;3*1-2H3/b7-5-,21-14-,25-17+,34-24-,36-29+,37-30+,38-26+;;;;. The Bertz CT molecular complexity index is 2210. The Morgan fingerprint density at radius 2 is 1.21 bits per heavy atom. The number of benzene rings is 5. The van der Waals surface area contributed by atoms with Crippen molar-refractivity contribution in [3.8, 4) is 11.1 Å². The number of hydrogen-bond acceptors (Lipinski definition) is 1. The molecular weight excluding hydrogens is 778 g/mol. The zero-order valence-electron chi connectivity index (χ0n) is 40.1. The van der Waals surface area contributed by atoms with E-state index in [1.165, 1.54) is 44.5 Å². The lowest BCUT2D eigenvalue weighted by molar-refractivity contribution is 0.732. The largest absolute Gasteiger partial charge is 0.324 e. The molecule has 3 unspecified atom stereocenters. The van der Waals surface area contributed by atoms with Gasteiger partial charge in [0.1, 0.15) is 0 Å². The molecule has 3 atom stereocenters. The van der Waals surface area contributed by atoms with E-state index < -0.39 is 0 Å². The highest BCUT2D eigenvalue weighted by Gasteiger charge is 2.26. The van der Waals surface area contributed by atoms with Crippen molar-refractivity contribution in [1.29, 1.82) is 0 Å². The van der Waals surface area contributed by atoms with E-state index in [4.69, 9.17) is 5.73 Å². The summed E-state index contributed by atoms with van der Waals surface area (Å²) < 4.78 is 0. The highest BCUT2D eigenvalue weighted by molar-refractivity contribution is 7.19. The number of nitrogens with two attached hydrogens (primary N) is 1. The fraction of sp³-hybridized carbons (Fsp3) is 0.246. The highest BCUT2D eigenvalue weighted by atomic mass is 31.0. The smallest absolute Gasteiger partial charge is 0.0283 e. The second kappa shape index (κ2) is 30.5. The second-order valence-corrected chi connectivity index (χ2v) is 15.6. The molecule has 0 amide bonds. The van der Waals surface area contributed by atoms with Crippen molar-refractivity contribution >= 4 is 20.4 Å². The van der Waals surface area contributed by atoms with E-state index >= 15 is 0 Å². The molecule has 0 aromatic heterocycles. The molecule has 5 aromatic rings. The zero-order valence-corrected chi connectivity index (χ0v) is 41.2. The van der Waals surface area contributed by atoms with Gasteiger partial charge in [0, 0.05) is 17.1 Å². The van der Waals surface area contributed by atoms with Crippen LogP contribution < -0.4 is 5.73 Å². The molecule has 0 radical (unpaired) electrons. The first-order valence-electron chi connectivity index (χ1n) is 23.0. The maximum atomic E-state index is 6.74. The van der Waals surface area contributed by atoms with E-state index in [0.717, 1.165) is 29.6 Å². The summed E-state index contributed by atoms with van der Waals surface area (Å²) in [6.07, 6.45) is 25.8. The maximum Gasteiger partial charge on any atom is 0.0283 e. The molecule has 0 spiro atoms. The fourth-order valence-corrected chi connectivity index (χ4v) is 7.72. The molecule has 1 aliphatic carbocycles. The number of aryl methyl sites for hydroxylation is 1. The Morgan fingerprint density at radius 3 is 1.71 bits per heavy atom. The predicted molar refractivity (Wildman–Crippen MR) is 288 cm³/mol. The SMILES string of the molecule is C=C/C(=C\C=C/C)C1(P)\C=C(C(C)N)/C=C(c2c(C)cccc2-c2ccccc2)\C=C\C=C(c2ccccc2)\C=C/CC1.CC.CC.CC.CC(c1ccccc1)c1ccccc1. The van der Waals surface area contributed by atoms with E-state index in [0.29, 0.717) is 5.92 Å². The van der Waals surface area contributed by atoms with Crippen molar-refractivity contribution in [2.45, 2.75) is 99.2 Å². The minimum absolute atomic E-state index is 0.170. The Hall–Kier alpha value is -5.59. The lowest BCUT2D eigenvalue weighted by atomic mass is 9.86. The summed E-state index contributed by atoms with van der Waals surface area (Å²) in [5.74, 6) is 0.484. The lowest BCUT2D eigenvalue weighted by Gasteiger charge is -2.29. The third-order valence-corrected chi connectivity index (χ3v) is 11.2. The molecule has 1 aliphatic rings. The van der Waals surface area contributed by atoms with Crippen molar-refractivity contribution in [2.75, 3.05) is 0 Å². The summed E-state index contributed by atoms with van der Waals surface area (Å²) in [6, 6.07) is 48.8. The molecule has 0 heterocycles. The molecule has 1 nitrogen and oxygen atoms in total. The van der Waals surface area contributed by atoms with Crippen LogP contribution >= 0.6 is 9.24 Å². The van der Waals surface area contributed by atoms with Gasteiger partial charge in [-0.15, -0.1) is 9.24 Å². The molecule has 0 saturated carbocycles. The summed E-state index contributed by atoms with van der Waals surface area (Å²) in [5.41, 5.74) is 20.0. The Kier molecular flexibility index (Phi) is 25.9. The summed E-state index contributed by atoms with van der Waals surface area (Å²) in [4.78, 5) is 0. The van der Waals surface area contributed by atoms with Crippen LogP contribution in [0.15, 0.2) is 224 Å². The van der Waals surface area contributed by atoms with Crippen LogP contribution in [0, 0.1) is 6.92 Å². The van der Waals surface area contributed by atoms with Crippen molar-refractivity contribution < 1.29 is 0 Å². The van der Waals surface area contributed by atoms with Crippen LogP contribution in [0.5, 0.6) is 0 Å². The van der Waals surface area contributed by atoms with Gasteiger partial charge in [-0.05, 0) is 101 Å². The number of allylic oxidation sites excluding steroid dienone is 13. The first-order chi connectivity index (χ1) is 30.7. The lowest BCUT2D eigenvalue weighted by Crippen LogP contribution is -2.25. The summed E-state index contributed by atoms with van der Waals surface area (Å²) in [5, 5.41) is -0.349. The monoisotopic (exact) mass is 854 g/mol. The molecule has 2 heteroatoms. The molecule has 330 valence electrons. The van der Waals surface area contributed by atoms with Crippen LogP contribution in [0.1, 0.15) is 109 Å². The van der Waals surface area contributed by atoms with Crippen LogP contribution in [-0.4, -0.2) is 11.2 Å². The Labute approximate surface area is 386 Å². The quantitative estimate of drug-likeness (QED) is 0.116. The van der Waals surface area contributed by atoms with E-state index in [9.17, 15) is 0 Å². The van der Waals surface area contributed by atoms with Crippen LogP contribution in [-0.2, 0) is 0 Å². The summed E-state index contributed by atoms with van der Waals surface area (Å²) >= 11 is 0. The average molecular weight is 854 g/mol. The molecule has 63 heavy (non-hydrogen) atoms. The van der Waals surface area contributed by atoms with Crippen LogP contribution in [0.25, 0.3) is 22.3 Å². The van der Waals surface area contributed by atoms with Gasteiger partial charge in [-0.1, -0.05) is 255 Å². The topological polar surface area (TPSA) is 26.0 Å². The molecule has 0 aliphatic heterocycles. The predicted octanol–water partition coefficient (Wildman–Crippen LogP) is 17.5. The van der Waals surface area contributed by atoms with E-state index in [-0.39, 0.29) is 11.2 Å². The molecular formula is C61H76NP. The van der Waals surface area contributed by atoms with Crippen LogP contribution in [0.4, 0.5) is 0 Å². The Balaban J connectivity index is 0.000000566. The molecule has 0 bridgehead atoms. The van der Waals surface area contributed by atoms with Gasteiger partial charge in [-0.25, -0.2) is 0 Å². The van der Waals surface area contributed by atoms with E-state index in [2.05, 4.69) is 237 Å². The summed E-state index contributed by atoms with van der Waals surface area (Å²) in [6.45, 7) is 24.7. The first kappa shape index (κ1) is 53.5. The normalized spacial score (nSPS) is 19.1. The van der Waals surface area contributed by atoms with E-state index in [1.54, 1.807) is 0 Å².